The van der Waals surface area contributed by atoms with Gasteiger partial charge in [0.15, 0.2) is 0 Å². The summed E-state index contributed by atoms with van der Waals surface area (Å²) >= 11 is 0. The van der Waals surface area contributed by atoms with Crippen LogP contribution in [0.15, 0.2) is 12.3 Å². The molecule has 4 aliphatic rings. The largest absolute Gasteiger partial charge is 0.311 e. The minimum Gasteiger partial charge on any atom is -0.311 e. The molecule has 0 radical (unpaired) electrons. The second kappa shape index (κ2) is 4.58. The quantitative estimate of drug-likeness (QED) is 0.913. The zero-order valence-electron chi connectivity index (χ0n) is 13.7. The van der Waals surface area contributed by atoms with E-state index in [4.69, 9.17) is 0 Å². The summed E-state index contributed by atoms with van der Waals surface area (Å²) in [6.45, 7) is 5.73. The van der Waals surface area contributed by atoms with E-state index in [0.717, 1.165) is 18.4 Å². The van der Waals surface area contributed by atoms with Crippen molar-refractivity contribution in [1.82, 2.24) is 15.1 Å². The third kappa shape index (κ3) is 2.00. The van der Waals surface area contributed by atoms with Crippen LogP contribution in [0.25, 0.3) is 0 Å². The Balaban J connectivity index is 1.73. The van der Waals surface area contributed by atoms with Gasteiger partial charge in [-0.05, 0) is 81.2 Å². The summed E-state index contributed by atoms with van der Waals surface area (Å²) in [5.74, 6) is 1.95. The molecule has 116 valence electrons. The van der Waals surface area contributed by atoms with Gasteiger partial charge < -0.3 is 5.32 Å². The molecule has 4 bridgehead atoms. The Morgan fingerprint density at radius 3 is 2.62 bits per heavy atom. The van der Waals surface area contributed by atoms with Gasteiger partial charge in [0.1, 0.15) is 0 Å². The molecule has 1 aromatic rings. The van der Waals surface area contributed by atoms with E-state index in [1.165, 1.54) is 44.2 Å². The number of rotatable bonds is 4. The van der Waals surface area contributed by atoms with Crippen LogP contribution in [-0.4, -0.2) is 16.8 Å². The highest BCUT2D eigenvalue weighted by atomic mass is 15.3. The van der Waals surface area contributed by atoms with Gasteiger partial charge in [-0.15, -0.1) is 0 Å². The van der Waals surface area contributed by atoms with E-state index in [2.05, 4.69) is 42.1 Å². The highest BCUT2D eigenvalue weighted by molar-refractivity contribution is 5.18. The third-order valence-corrected chi connectivity index (χ3v) is 6.64. The minimum absolute atomic E-state index is 0.473. The van der Waals surface area contributed by atoms with Crippen molar-refractivity contribution in [2.24, 2.45) is 22.7 Å². The summed E-state index contributed by atoms with van der Waals surface area (Å²) in [7, 11) is 2.15. The SMILES string of the molecule is CCn1nccc1C(NC)C12CC3CC(CC(C)(C3)C1)C2. The average Bonchev–Trinajstić information content (AvgIpc) is 2.84. The van der Waals surface area contributed by atoms with E-state index in [1.54, 1.807) is 0 Å². The van der Waals surface area contributed by atoms with Crippen LogP contribution in [0.2, 0.25) is 0 Å². The minimum atomic E-state index is 0.473. The van der Waals surface area contributed by atoms with E-state index < -0.39 is 0 Å². The van der Waals surface area contributed by atoms with Crippen LogP contribution in [0.4, 0.5) is 0 Å². The molecule has 0 amide bonds. The lowest BCUT2D eigenvalue weighted by Gasteiger charge is -2.63. The smallest absolute Gasteiger partial charge is 0.0559 e. The number of nitrogens with one attached hydrogen (secondary N) is 1. The van der Waals surface area contributed by atoms with E-state index >= 15 is 0 Å². The monoisotopic (exact) mass is 287 g/mol. The maximum absolute atomic E-state index is 4.53. The molecular weight excluding hydrogens is 258 g/mol. The lowest BCUT2D eigenvalue weighted by molar-refractivity contribution is -0.119. The fourth-order valence-electron chi connectivity index (χ4n) is 6.76. The van der Waals surface area contributed by atoms with Gasteiger partial charge in [0.05, 0.1) is 11.7 Å². The second-order valence-electron chi connectivity index (χ2n) is 8.43. The van der Waals surface area contributed by atoms with Crippen LogP contribution < -0.4 is 5.32 Å². The van der Waals surface area contributed by atoms with Crippen LogP contribution in [0, 0.1) is 22.7 Å². The maximum Gasteiger partial charge on any atom is 0.0559 e. The zero-order chi connectivity index (χ0) is 14.7. The van der Waals surface area contributed by atoms with Crippen molar-refractivity contribution < 1.29 is 0 Å². The molecule has 3 nitrogen and oxygen atoms in total. The van der Waals surface area contributed by atoms with E-state index in [-0.39, 0.29) is 0 Å². The Labute approximate surface area is 128 Å². The first-order valence-electron chi connectivity index (χ1n) is 8.76. The van der Waals surface area contributed by atoms with Gasteiger partial charge in [-0.3, -0.25) is 4.68 Å². The average molecular weight is 287 g/mol. The van der Waals surface area contributed by atoms with Crippen LogP contribution in [0.1, 0.15) is 64.1 Å². The third-order valence-electron chi connectivity index (χ3n) is 6.64. The Morgan fingerprint density at radius 2 is 2.05 bits per heavy atom. The molecular formula is C18H29N3. The molecule has 0 aromatic carbocycles. The first kappa shape index (κ1) is 13.8. The number of aromatic nitrogens is 2. The van der Waals surface area contributed by atoms with Gasteiger partial charge >= 0.3 is 0 Å². The van der Waals surface area contributed by atoms with Crippen molar-refractivity contribution in [1.29, 1.82) is 0 Å². The summed E-state index contributed by atoms with van der Waals surface area (Å²) in [5.41, 5.74) is 2.49. The number of aryl methyl sites for hydroxylation is 1. The molecule has 0 saturated heterocycles. The molecule has 1 heterocycles. The molecule has 0 aliphatic heterocycles. The highest BCUT2D eigenvalue weighted by Gasteiger charge is 2.58. The standard InChI is InChI=1S/C18H29N3/c1-4-21-15(5-6-20-21)16(19-3)18-10-13-7-14(11-18)9-17(2,8-13)12-18/h5-6,13-14,16,19H,4,7-12H2,1-3H3. The van der Waals surface area contributed by atoms with Gasteiger partial charge in [0.25, 0.3) is 0 Å². The van der Waals surface area contributed by atoms with Crippen molar-refractivity contribution in [2.75, 3.05) is 7.05 Å². The molecule has 4 fully saturated rings. The first-order chi connectivity index (χ1) is 10.1. The Kier molecular flexibility index (Phi) is 3.01. The fraction of sp³-hybridized carbons (Fsp3) is 0.833. The summed E-state index contributed by atoms with van der Waals surface area (Å²) in [6, 6.07) is 2.72. The Morgan fingerprint density at radius 1 is 1.33 bits per heavy atom. The fourth-order valence-corrected chi connectivity index (χ4v) is 6.76. The van der Waals surface area contributed by atoms with Gasteiger partial charge in [0.2, 0.25) is 0 Å². The van der Waals surface area contributed by atoms with Crippen molar-refractivity contribution in [3.63, 3.8) is 0 Å². The molecule has 3 atom stereocenters. The lowest BCUT2D eigenvalue weighted by Crippen LogP contribution is -2.55. The molecule has 0 spiro atoms. The number of hydrogen-bond donors (Lipinski definition) is 1. The molecule has 1 N–H and O–H groups in total. The van der Waals surface area contributed by atoms with Crippen molar-refractivity contribution >= 4 is 0 Å². The summed E-state index contributed by atoms with van der Waals surface area (Å²) in [6.07, 6.45) is 10.7. The Hall–Kier alpha value is -0.830. The topological polar surface area (TPSA) is 29.9 Å². The van der Waals surface area contributed by atoms with E-state index in [9.17, 15) is 0 Å². The van der Waals surface area contributed by atoms with Crippen LogP contribution in [-0.2, 0) is 6.54 Å². The van der Waals surface area contributed by atoms with Crippen LogP contribution in [0.5, 0.6) is 0 Å². The van der Waals surface area contributed by atoms with Gasteiger partial charge in [-0.2, -0.15) is 5.10 Å². The highest BCUT2D eigenvalue weighted by Crippen LogP contribution is 2.68. The molecule has 1 aromatic heterocycles. The molecule has 3 heteroatoms. The van der Waals surface area contributed by atoms with Gasteiger partial charge in [-0.25, -0.2) is 0 Å². The Bertz CT molecular complexity index is 518. The van der Waals surface area contributed by atoms with Crippen LogP contribution >= 0.6 is 0 Å². The van der Waals surface area contributed by atoms with Crippen molar-refractivity contribution in [3.8, 4) is 0 Å². The van der Waals surface area contributed by atoms with Gasteiger partial charge in [0, 0.05) is 12.7 Å². The normalized spacial score (nSPS) is 42.4. The van der Waals surface area contributed by atoms with E-state index in [1.807, 2.05) is 6.20 Å². The number of nitrogens with zero attached hydrogens (tertiary/aromatic N) is 2. The van der Waals surface area contributed by atoms with Crippen molar-refractivity contribution in [3.05, 3.63) is 18.0 Å². The van der Waals surface area contributed by atoms with Gasteiger partial charge in [-0.1, -0.05) is 6.92 Å². The predicted octanol–water partition coefficient (Wildman–Crippen LogP) is 3.77. The van der Waals surface area contributed by atoms with E-state index in [0.29, 0.717) is 16.9 Å². The van der Waals surface area contributed by atoms with Crippen molar-refractivity contribution in [2.45, 2.75) is 65.0 Å². The molecule has 3 unspecified atom stereocenters. The molecule has 4 saturated carbocycles. The first-order valence-corrected chi connectivity index (χ1v) is 8.76. The number of hydrogen-bond acceptors (Lipinski definition) is 2. The summed E-state index contributed by atoms with van der Waals surface area (Å²) in [5, 5.41) is 8.22. The molecule has 5 rings (SSSR count). The second-order valence-corrected chi connectivity index (χ2v) is 8.43. The predicted molar refractivity (Wildman–Crippen MR) is 84.9 cm³/mol. The molecule has 21 heavy (non-hydrogen) atoms. The zero-order valence-corrected chi connectivity index (χ0v) is 13.7. The maximum atomic E-state index is 4.53. The summed E-state index contributed by atoms with van der Waals surface area (Å²) < 4.78 is 2.20. The summed E-state index contributed by atoms with van der Waals surface area (Å²) in [4.78, 5) is 0. The lowest BCUT2D eigenvalue weighted by atomic mass is 9.43. The molecule has 4 aliphatic carbocycles. The van der Waals surface area contributed by atoms with Crippen LogP contribution in [0.3, 0.4) is 0 Å².